The van der Waals surface area contributed by atoms with Crippen LogP contribution in [0, 0.1) is 5.82 Å². The van der Waals surface area contributed by atoms with Crippen LogP contribution in [0.4, 0.5) is 46.9 Å². The number of amides is 5. The maximum absolute atomic E-state index is 14.3. The van der Waals surface area contributed by atoms with E-state index in [4.69, 9.17) is 25.8 Å². The largest absolute Gasteiger partial charge is 0.496 e. The van der Waals surface area contributed by atoms with Crippen LogP contribution in [0.1, 0.15) is 113 Å². The fraction of sp³-hybridized carbons (Fsp3) is 0.453. The van der Waals surface area contributed by atoms with E-state index in [0.717, 1.165) is 53.1 Å². The smallest absolute Gasteiger partial charge is 0.416 e. The van der Waals surface area contributed by atoms with E-state index in [1.165, 1.54) is 36.3 Å². The molecular formula is C75H86ClF7N8O9. The molecular weight excluding hydrogens is 1330 g/mol. The Morgan fingerprint density at radius 1 is 0.710 bits per heavy atom. The summed E-state index contributed by atoms with van der Waals surface area (Å²) in [5.74, 6) is -1.76. The minimum Gasteiger partial charge on any atom is -0.496 e. The number of nitrogens with zero attached hydrogens (tertiary/aromatic N) is 7. The second-order valence-corrected chi connectivity index (χ2v) is 27.0. The molecule has 2 N–H and O–H groups in total. The topological polar surface area (TPSA) is 168 Å². The molecule has 5 amide bonds. The first-order chi connectivity index (χ1) is 47.8. The van der Waals surface area contributed by atoms with Gasteiger partial charge in [-0.05, 0) is 136 Å². The number of rotatable bonds is 27. The zero-order chi connectivity index (χ0) is 71.5. The Morgan fingerprint density at radius 3 is 2.03 bits per heavy atom. The highest BCUT2D eigenvalue weighted by molar-refractivity contribution is 6.33. The molecule has 4 aliphatic rings. The molecule has 536 valence electrons. The number of likely N-dealkylation sites (tertiary alicyclic amines) is 2. The lowest BCUT2D eigenvalue weighted by atomic mass is 9.72. The fourth-order valence-electron chi connectivity index (χ4n) is 14.4. The number of hydrogen-bond donors (Lipinski definition) is 2. The number of para-hydroxylation sites is 1. The number of fused-ring (bicyclic) bond motifs is 2. The quantitative estimate of drug-likeness (QED) is 0.0370. The monoisotopic (exact) mass is 1410 g/mol. The molecule has 25 heteroatoms. The number of unbranched alkanes of at least 4 members (excludes halogenated alkanes) is 2. The van der Waals surface area contributed by atoms with Crippen LogP contribution in [0.3, 0.4) is 0 Å². The Hall–Kier alpha value is -8.29. The lowest BCUT2D eigenvalue weighted by Crippen LogP contribution is -2.50. The molecule has 6 aromatic carbocycles. The van der Waals surface area contributed by atoms with Crippen LogP contribution >= 0.6 is 11.6 Å². The Labute approximate surface area is 583 Å². The minimum absolute atomic E-state index is 0.0332. The van der Waals surface area contributed by atoms with Crippen LogP contribution in [0.2, 0.25) is 5.02 Å². The van der Waals surface area contributed by atoms with E-state index in [-0.39, 0.29) is 61.1 Å². The Morgan fingerprint density at radius 2 is 1.35 bits per heavy atom. The van der Waals surface area contributed by atoms with E-state index in [9.17, 15) is 59.8 Å². The molecule has 0 saturated carbocycles. The normalized spacial score (nSPS) is 18.0. The maximum Gasteiger partial charge on any atom is 0.416 e. The van der Waals surface area contributed by atoms with Gasteiger partial charge in [0.05, 0.1) is 52.8 Å². The van der Waals surface area contributed by atoms with Crippen molar-refractivity contribution in [2.24, 2.45) is 0 Å². The zero-order valence-electron chi connectivity index (χ0n) is 56.7. The van der Waals surface area contributed by atoms with Gasteiger partial charge < -0.3 is 54.0 Å². The summed E-state index contributed by atoms with van der Waals surface area (Å²) >= 11 is 6.75. The highest BCUT2D eigenvalue weighted by Gasteiger charge is 2.50. The molecule has 0 radical (unpaired) electrons. The van der Waals surface area contributed by atoms with E-state index >= 15 is 0 Å². The van der Waals surface area contributed by atoms with E-state index in [0.29, 0.717) is 144 Å². The van der Waals surface area contributed by atoms with Crippen molar-refractivity contribution in [3.8, 4) is 16.9 Å². The summed E-state index contributed by atoms with van der Waals surface area (Å²) in [4.78, 5) is 79.2. The predicted octanol–water partition coefficient (Wildman–Crippen LogP) is 13.6. The first kappa shape index (κ1) is 74.4. The number of methoxy groups -OCH3 is 1. The number of benzene rings is 6. The van der Waals surface area contributed by atoms with Crippen molar-refractivity contribution in [2.75, 3.05) is 124 Å². The van der Waals surface area contributed by atoms with Gasteiger partial charge in [0.1, 0.15) is 30.5 Å². The average molecular weight is 1410 g/mol. The summed E-state index contributed by atoms with van der Waals surface area (Å²) in [6, 6.07) is 34.8. The molecule has 3 heterocycles. The van der Waals surface area contributed by atoms with Crippen molar-refractivity contribution >= 4 is 52.7 Å². The number of halogens is 8. The molecule has 3 saturated heterocycles. The number of nitrogens with one attached hydrogen (secondary N) is 1. The lowest BCUT2D eigenvalue weighted by Gasteiger charge is -2.44. The molecule has 1 aliphatic carbocycles. The maximum atomic E-state index is 14.3. The van der Waals surface area contributed by atoms with Crippen LogP contribution in [0.15, 0.2) is 133 Å². The highest BCUT2D eigenvalue weighted by atomic mass is 35.5. The molecule has 2 atom stereocenters. The van der Waals surface area contributed by atoms with Crippen molar-refractivity contribution in [2.45, 2.75) is 106 Å². The Balaban J connectivity index is 0.638. The SMILES string of the molecule is COc1cc(NCCCCCC(=O)N(C)CCN2CCC(N(C(=O)O)c3ccccc3-c3ccccc3)CC2)c(Cl)cc1C(=O)N(C)CCCN(C)C(=O)CO[C@H]1Cc2ccccc2C12CCN(CC[C@@]1(c3ccc(F)cc3)CN(C(=O)c3cc(C(F)(F)F)cc(C(F)(F)F)c3)CO1)CC2. The number of likely N-dealkylation sites (N-methyl/N-ethyl adjacent to an activating group) is 2. The van der Waals surface area contributed by atoms with Gasteiger partial charge in [0, 0.05) is 109 Å². The van der Waals surface area contributed by atoms with Crippen molar-refractivity contribution in [1.29, 1.82) is 0 Å². The van der Waals surface area contributed by atoms with Crippen LogP contribution in [0.5, 0.6) is 5.75 Å². The molecule has 10 rings (SSSR count). The summed E-state index contributed by atoms with van der Waals surface area (Å²) in [5.41, 5.74) is 0.411. The van der Waals surface area contributed by atoms with Gasteiger partial charge in [-0.15, -0.1) is 0 Å². The lowest BCUT2D eigenvalue weighted by molar-refractivity contribution is -0.143. The van der Waals surface area contributed by atoms with Crippen LogP contribution in [-0.2, 0) is 48.9 Å². The Bertz CT molecular complexity index is 3800. The zero-order valence-corrected chi connectivity index (χ0v) is 57.5. The van der Waals surface area contributed by atoms with E-state index in [2.05, 4.69) is 27.2 Å². The van der Waals surface area contributed by atoms with Gasteiger partial charge in [0.15, 0.2) is 0 Å². The van der Waals surface area contributed by atoms with Gasteiger partial charge in [-0.1, -0.05) is 103 Å². The molecule has 100 heavy (non-hydrogen) atoms. The third-order valence-electron chi connectivity index (χ3n) is 20.2. The molecule has 0 aromatic heterocycles. The van der Waals surface area contributed by atoms with Gasteiger partial charge in [-0.2, -0.15) is 26.3 Å². The van der Waals surface area contributed by atoms with Gasteiger partial charge >= 0.3 is 18.4 Å². The molecule has 0 bridgehead atoms. The van der Waals surface area contributed by atoms with E-state index in [1.54, 1.807) is 40.9 Å². The molecule has 17 nitrogen and oxygen atoms in total. The summed E-state index contributed by atoms with van der Waals surface area (Å²) in [7, 11) is 6.66. The summed E-state index contributed by atoms with van der Waals surface area (Å²) in [6.07, 6.45) is -4.97. The number of carboxylic acid groups (broad SMARTS) is 1. The molecule has 6 aromatic rings. The van der Waals surface area contributed by atoms with Gasteiger partial charge in [-0.3, -0.25) is 24.1 Å². The fourth-order valence-corrected chi connectivity index (χ4v) is 14.6. The van der Waals surface area contributed by atoms with Gasteiger partial charge in [0.2, 0.25) is 11.8 Å². The van der Waals surface area contributed by atoms with Crippen LogP contribution in [-0.4, -0.2) is 190 Å². The predicted molar refractivity (Wildman–Crippen MR) is 367 cm³/mol. The van der Waals surface area contributed by atoms with Crippen molar-refractivity contribution < 1.29 is 74.0 Å². The third kappa shape index (κ3) is 17.7. The summed E-state index contributed by atoms with van der Waals surface area (Å²) < 4.78 is 116. The first-order valence-corrected chi connectivity index (χ1v) is 34.3. The minimum atomic E-state index is -5.16. The number of ether oxygens (including phenoxy) is 3. The van der Waals surface area contributed by atoms with Crippen molar-refractivity contribution in [3.63, 3.8) is 0 Å². The van der Waals surface area contributed by atoms with Crippen molar-refractivity contribution in [3.05, 3.63) is 183 Å². The molecule has 1 spiro atoms. The van der Waals surface area contributed by atoms with E-state index < -0.39 is 64.6 Å². The Kier molecular flexibility index (Phi) is 24.2. The van der Waals surface area contributed by atoms with Gasteiger partial charge in [0.25, 0.3) is 11.8 Å². The number of piperidine rings is 2. The number of carbonyl (C=O) groups is 5. The number of alkyl halides is 6. The standard InChI is InChI=1S/C75H86ClF7N8O9/c1-85(33-15-34-87(3)70(95)60-46-62(76)63(47-65(60)98-4)84-32-14-6-9-22-67(92)86(2)40-41-88-35-27-58(28-36-88)91(71(96)97)64-21-13-11-19-59(64)51-16-7-5-8-17-51)68(93)48-99-66-44-52-18-10-12-20-61(52)72(66)29-37-89(38-30-72)39-31-73(54-23-25-57(77)26-24-54)49-90(50-100-73)69(94)53-42-55(74(78,79)80)45-56(43-53)75(81,82)83/h5,7-8,10-13,16-21,23-26,42-43,45-47,58,66,84H,6,9,14-15,22,27-41,44,48-50H2,1-4H3,(H,96,97)/t66-,73-/m0/s1. The third-order valence-corrected chi connectivity index (χ3v) is 20.5. The summed E-state index contributed by atoms with van der Waals surface area (Å²) in [5, 5.41) is 14.1. The highest BCUT2D eigenvalue weighted by Crippen LogP contribution is 2.49. The number of carbonyl (C=O) groups excluding carboxylic acids is 4. The second-order valence-electron chi connectivity index (χ2n) is 26.6. The number of hydrogen-bond acceptors (Lipinski definition) is 11. The van der Waals surface area contributed by atoms with Crippen LogP contribution < -0.4 is 15.0 Å². The molecule has 3 fully saturated rings. The second kappa shape index (κ2) is 32.6. The van der Waals surface area contributed by atoms with Gasteiger partial charge in [-0.25, -0.2) is 9.18 Å². The molecule has 0 unspecified atom stereocenters. The number of anilines is 2. The molecule has 3 aliphatic heterocycles. The summed E-state index contributed by atoms with van der Waals surface area (Å²) in [6.45, 7) is 4.69. The van der Waals surface area contributed by atoms with Crippen LogP contribution in [0.25, 0.3) is 11.1 Å². The van der Waals surface area contributed by atoms with Crippen molar-refractivity contribution in [1.82, 2.24) is 29.4 Å². The van der Waals surface area contributed by atoms with E-state index in [1.807, 2.05) is 73.8 Å². The average Bonchev–Trinajstić information content (AvgIpc) is 1.51. The first-order valence-electron chi connectivity index (χ1n) is 33.9.